The van der Waals surface area contributed by atoms with Gasteiger partial charge in [-0.1, -0.05) is 70.1 Å². The normalized spacial score (nSPS) is 11.6. The predicted molar refractivity (Wildman–Crippen MR) is 181 cm³/mol. The number of unbranched alkanes of at least 4 members (excludes halogenated alkanes) is 7. The number of nitrogens with one attached hydrogen (secondary N) is 1. The molecule has 2 aromatic carbocycles. The Labute approximate surface area is 261 Å². The summed E-state index contributed by atoms with van der Waals surface area (Å²) in [5, 5.41) is 5.34. The first kappa shape index (κ1) is 33.4. The molecule has 0 aromatic heterocycles. The van der Waals surface area contributed by atoms with Gasteiger partial charge in [-0.05, 0) is 69.0 Å². The van der Waals surface area contributed by atoms with Gasteiger partial charge in [-0.2, -0.15) is 0 Å². The van der Waals surface area contributed by atoms with Crippen molar-refractivity contribution >= 4 is 39.6 Å². The van der Waals surface area contributed by atoms with Gasteiger partial charge in [0.05, 0.1) is 17.5 Å². The minimum absolute atomic E-state index is 0. The zero-order valence-corrected chi connectivity index (χ0v) is 27.7. The number of esters is 1. The second-order valence-electron chi connectivity index (χ2n) is 10.9. The van der Waals surface area contributed by atoms with Crippen molar-refractivity contribution in [2.45, 2.75) is 86.0 Å². The number of carbonyl (C=O) groups is 1. The number of benzene rings is 3. The van der Waals surface area contributed by atoms with Gasteiger partial charge >= 0.3 is 5.97 Å². The molecule has 0 spiro atoms. The highest BCUT2D eigenvalue weighted by molar-refractivity contribution is 8.93. The Balaban J connectivity index is 0.00000484. The van der Waals surface area contributed by atoms with E-state index in [4.69, 9.17) is 9.15 Å². The highest BCUT2D eigenvalue weighted by atomic mass is 79.9. The van der Waals surface area contributed by atoms with Crippen LogP contribution < -0.4 is 10.7 Å². The van der Waals surface area contributed by atoms with Gasteiger partial charge in [0.25, 0.3) is 0 Å². The first-order valence-electron chi connectivity index (χ1n) is 15.5. The first-order valence-corrected chi connectivity index (χ1v) is 15.5. The van der Waals surface area contributed by atoms with Crippen LogP contribution in [0, 0.1) is 13.8 Å². The van der Waals surface area contributed by atoms with Crippen molar-refractivity contribution < 1.29 is 13.9 Å². The van der Waals surface area contributed by atoms with Crippen LogP contribution in [0.15, 0.2) is 57.9 Å². The Morgan fingerprint density at radius 1 is 0.857 bits per heavy atom. The number of nitrogens with zero attached hydrogens (tertiary/aromatic N) is 1. The quantitative estimate of drug-likeness (QED) is 0.0851. The molecule has 0 bridgehead atoms. The second kappa shape index (κ2) is 16.5. The predicted octanol–water partition coefficient (Wildman–Crippen LogP) is 10.0. The average Bonchev–Trinajstić information content (AvgIpc) is 2.96. The number of ether oxygens (including phenoxy) is 1. The van der Waals surface area contributed by atoms with E-state index < -0.39 is 0 Å². The molecule has 0 unspecified atom stereocenters. The van der Waals surface area contributed by atoms with Crippen LogP contribution in [0.1, 0.15) is 93.6 Å². The van der Waals surface area contributed by atoms with Crippen molar-refractivity contribution in [1.82, 2.24) is 0 Å². The summed E-state index contributed by atoms with van der Waals surface area (Å²) in [5.41, 5.74) is 7.39. The molecular formula is C36H47BrN2O3. The standard InChI is InChI=1S/C36H46N2O3.BrH/c1-6-9-10-11-12-13-14-17-20-40-36(39)28-19-16-15-18-27(28)35-29-21-25(4)31(37-7-2)23-33(29)41-34-24-32(38-8-3)26(5)22-30(34)35;/h15-16,18-19,21-24,37H,6-14,17,20H2,1-5H3;1H/b38-32+;. The smallest absolute Gasteiger partial charge is 0.338 e. The minimum atomic E-state index is -0.277. The fourth-order valence-electron chi connectivity index (χ4n) is 5.56. The van der Waals surface area contributed by atoms with E-state index >= 15 is 0 Å². The molecule has 226 valence electrons. The molecule has 5 nitrogen and oxygen atoms in total. The number of aryl methyl sites for hydroxylation is 2. The summed E-state index contributed by atoms with van der Waals surface area (Å²) in [6, 6.07) is 16.2. The lowest BCUT2D eigenvalue weighted by Crippen LogP contribution is -2.11. The third-order valence-electron chi connectivity index (χ3n) is 7.73. The summed E-state index contributed by atoms with van der Waals surface area (Å²) in [7, 11) is 0. The Hall–Kier alpha value is -3.12. The molecule has 42 heavy (non-hydrogen) atoms. The van der Waals surface area contributed by atoms with Crippen molar-refractivity contribution in [2.24, 2.45) is 4.99 Å². The maximum absolute atomic E-state index is 13.5. The molecule has 0 amide bonds. The molecule has 1 heterocycles. The van der Waals surface area contributed by atoms with Crippen LogP contribution in [0.5, 0.6) is 0 Å². The van der Waals surface area contributed by atoms with Crippen molar-refractivity contribution in [3.63, 3.8) is 0 Å². The number of anilines is 1. The molecule has 0 saturated carbocycles. The topological polar surface area (TPSA) is 63.8 Å². The van der Waals surface area contributed by atoms with Crippen molar-refractivity contribution in [3.8, 4) is 22.5 Å². The molecule has 6 heteroatoms. The molecular weight excluding hydrogens is 588 g/mol. The highest BCUT2D eigenvalue weighted by Crippen LogP contribution is 2.43. The van der Waals surface area contributed by atoms with E-state index in [0.717, 1.165) is 75.0 Å². The van der Waals surface area contributed by atoms with Crippen LogP contribution in [0.4, 0.5) is 5.69 Å². The Morgan fingerprint density at radius 3 is 2.29 bits per heavy atom. The lowest BCUT2D eigenvalue weighted by atomic mass is 9.89. The number of rotatable bonds is 14. The van der Waals surface area contributed by atoms with E-state index in [9.17, 15) is 4.79 Å². The Kier molecular flexibility index (Phi) is 13.1. The van der Waals surface area contributed by atoms with Crippen molar-refractivity contribution in [3.05, 3.63) is 70.6 Å². The van der Waals surface area contributed by atoms with Crippen LogP contribution in [0.25, 0.3) is 33.4 Å². The molecule has 2 aromatic rings. The largest absolute Gasteiger partial charge is 0.462 e. The van der Waals surface area contributed by atoms with Gasteiger partial charge in [0.15, 0.2) is 0 Å². The molecule has 0 fully saturated rings. The fourth-order valence-corrected chi connectivity index (χ4v) is 5.56. The van der Waals surface area contributed by atoms with Crippen molar-refractivity contribution in [1.29, 1.82) is 0 Å². The van der Waals surface area contributed by atoms with Gasteiger partial charge < -0.3 is 14.5 Å². The zero-order valence-electron chi connectivity index (χ0n) is 26.0. The number of carbonyl (C=O) groups excluding carboxylic acids is 1. The summed E-state index contributed by atoms with van der Waals surface area (Å²) in [4.78, 5) is 18.1. The molecule has 0 radical (unpaired) electrons. The van der Waals surface area contributed by atoms with E-state index in [-0.39, 0.29) is 23.0 Å². The van der Waals surface area contributed by atoms with Gasteiger partial charge in [0.1, 0.15) is 11.3 Å². The van der Waals surface area contributed by atoms with E-state index in [1.165, 1.54) is 38.5 Å². The van der Waals surface area contributed by atoms with Gasteiger partial charge in [-0.25, -0.2) is 4.79 Å². The van der Waals surface area contributed by atoms with E-state index in [2.05, 4.69) is 56.2 Å². The summed E-state index contributed by atoms with van der Waals surface area (Å²) in [6.07, 6.45) is 9.66. The molecule has 0 atom stereocenters. The highest BCUT2D eigenvalue weighted by Gasteiger charge is 2.23. The minimum Gasteiger partial charge on any atom is -0.462 e. The van der Waals surface area contributed by atoms with Crippen LogP contribution in [0.2, 0.25) is 0 Å². The van der Waals surface area contributed by atoms with Gasteiger partial charge in [-0.3, -0.25) is 4.99 Å². The first-order chi connectivity index (χ1) is 20.0. The third kappa shape index (κ3) is 8.03. The van der Waals surface area contributed by atoms with Gasteiger partial charge in [0.2, 0.25) is 0 Å². The molecule has 1 aliphatic heterocycles. The van der Waals surface area contributed by atoms with E-state index in [1.807, 2.05) is 37.3 Å². The Bertz CT molecular complexity index is 1510. The second-order valence-corrected chi connectivity index (χ2v) is 10.9. The summed E-state index contributed by atoms with van der Waals surface area (Å²) in [5.74, 6) is 0.472. The van der Waals surface area contributed by atoms with E-state index in [0.29, 0.717) is 18.7 Å². The van der Waals surface area contributed by atoms with Crippen LogP contribution in [-0.2, 0) is 4.74 Å². The molecule has 1 aliphatic carbocycles. The fraction of sp³-hybridized carbons (Fsp3) is 0.444. The summed E-state index contributed by atoms with van der Waals surface area (Å²) >= 11 is 0. The molecule has 2 aliphatic rings. The summed E-state index contributed by atoms with van der Waals surface area (Å²) < 4.78 is 12.3. The average molecular weight is 636 g/mol. The van der Waals surface area contributed by atoms with Crippen LogP contribution >= 0.6 is 17.0 Å². The summed E-state index contributed by atoms with van der Waals surface area (Å²) in [6.45, 7) is 12.5. The van der Waals surface area contributed by atoms with Crippen molar-refractivity contribution in [2.75, 3.05) is 25.0 Å². The molecule has 1 N–H and O–H groups in total. The zero-order chi connectivity index (χ0) is 29.2. The maximum Gasteiger partial charge on any atom is 0.338 e. The number of hydrogen-bond acceptors (Lipinski definition) is 5. The Morgan fingerprint density at radius 2 is 1.57 bits per heavy atom. The van der Waals surface area contributed by atoms with Crippen LogP contribution in [0.3, 0.4) is 0 Å². The van der Waals surface area contributed by atoms with Crippen LogP contribution in [-0.4, -0.2) is 25.7 Å². The monoisotopic (exact) mass is 634 g/mol. The number of fused-ring (bicyclic) bond motifs is 2. The number of hydrogen-bond donors (Lipinski definition) is 1. The third-order valence-corrected chi connectivity index (χ3v) is 7.73. The van der Waals surface area contributed by atoms with Gasteiger partial charge in [0, 0.05) is 47.4 Å². The SMILES string of the molecule is Br.CCCCCCCCCCOC(=O)c1ccccc1-c1c2cc(C)/c(=N/CC)cc-2oc2cc(NCC)c(C)cc12. The number of halogens is 1. The molecule has 0 saturated heterocycles. The lowest BCUT2D eigenvalue weighted by molar-refractivity contribution is 0.0498. The van der Waals surface area contributed by atoms with E-state index in [1.54, 1.807) is 0 Å². The maximum atomic E-state index is 13.5. The van der Waals surface area contributed by atoms with Gasteiger partial charge in [-0.15, -0.1) is 17.0 Å². The lowest BCUT2D eigenvalue weighted by Gasteiger charge is -2.20. The molecule has 4 rings (SSSR count).